The number of nitrogens with one attached hydrogen (secondary N) is 1. The molecule has 0 aromatic rings. The lowest BCUT2D eigenvalue weighted by Crippen LogP contribution is -2.21. The van der Waals surface area contributed by atoms with Gasteiger partial charge in [0.25, 0.3) is 0 Å². The fourth-order valence-corrected chi connectivity index (χ4v) is 0.857. The van der Waals surface area contributed by atoms with Crippen LogP contribution in [-0.4, -0.2) is 28.4 Å². The largest absolute Gasteiger partial charge is 0.465 e. The minimum atomic E-state index is -0.932. The predicted octanol–water partition coefficient (Wildman–Crippen LogP) is 3.64. The molecule has 1 atom stereocenters. The van der Waals surface area contributed by atoms with Crippen molar-refractivity contribution >= 4 is 38.0 Å². The summed E-state index contributed by atoms with van der Waals surface area (Å²) in [6.07, 6.45) is 2.08. The summed E-state index contributed by atoms with van der Waals surface area (Å²) in [6, 6.07) is 3.92. The highest BCUT2D eigenvalue weighted by Crippen LogP contribution is 2.04. The molecule has 0 heterocycles. The first-order chi connectivity index (χ1) is 8.58. The lowest BCUT2D eigenvalue weighted by atomic mass is 10.3. The van der Waals surface area contributed by atoms with E-state index in [-0.39, 0.29) is 4.83 Å². The maximum atomic E-state index is 9.76. The SMILES string of the molecule is CBr.CCCCNC(=O)O.N#CCCC(Br)C#N. The number of carbonyl (C=O) groups is 1. The molecule has 0 rings (SSSR count). The number of nitriles is 2. The molecule has 0 aromatic carbocycles. The molecule has 0 saturated carbocycles. The van der Waals surface area contributed by atoms with Crippen LogP contribution in [0, 0.1) is 22.7 Å². The first-order valence-electron chi connectivity index (χ1n) is 5.33. The van der Waals surface area contributed by atoms with Gasteiger partial charge in [0.05, 0.1) is 12.1 Å². The summed E-state index contributed by atoms with van der Waals surface area (Å²) in [5.41, 5.74) is 0. The molecule has 0 fully saturated rings. The van der Waals surface area contributed by atoms with Gasteiger partial charge < -0.3 is 10.4 Å². The van der Waals surface area contributed by atoms with Crippen LogP contribution < -0.4 is 5.32 Å². The zero-order valence-corrected chi connectivity index (χ0v) is 13.8. The van der Waals surface area contributed by atoms with E-state index >= 15 is 0 Å². The second-order valence-electron chi connectivity index (χ2n) is 2.88. The van der Waals surface area contributed by atoms with Crippen molar-refractivity contribution in [3.63, 3.8) is 0 Å². The van der Waals surface area contributed by atoms with Crippen LogP contribution >= 0.6 is 31.9 Å². The van der Waals surface area contributed by atoms with Crippen LogP contribution in [0.1, 0.15) is 32.6 Å². The molecule has 0 saturated heterocycles. The number of nitrogens with zero attached hydrogens (tertiary/aromatic N) is 2. The Morgan fingerprint density at radius 2 is 2.00 bits per heavy atom. The molecule has 0 aliphatic heterocycles. The average Bonchev–Trinajstić information content (AvgIpc) is 2.39. The highest BCUT2D eigenvalue weighted by molar-refractivity contribution is 9.09. The summed E-state index contributed by atoms with van der Waals surface area (Å²) in [4.78, 5) is 9.61. The minimum Gasteiger partial charge on any atom is -0.465 e. The fraction of sp³-hybridized carbons (Fsp3) is 0.727. The van der Waals surface area contributed by atoms with Gasteiger partial charge in [-0.05, 0) is 18.7 Å². The number of hydrogen-bond donors (Lipinski definition) is 2. The molecule has 0 spiro atoms. The first-order valence-corrected chi connectivity index (χ1v) is 7.83. The highest BCUT2D eigenvalue weighted by atomic mass is 79.9. The molecule has 18 heavy (non-hydrogen) atoms. The van der Waals surface area contributed by atoms with Gasteiger partial charge in [-0.2, -0.15) is 10.5 Å². The summed E-state index contributed by atoms with van der Waals surface area (Å²) in [6.45, 7) is 2.59. The smallest absolute Gasteiger partial charge is 0.404 e. The number of amides is 1. The van der Waals surface area contributed by atoms with Crippen LogP contribution in [-0.2, 0) is 0 Å². The van der Waals surface area contributed by atoms with Gasteiger partial charge in [-0.15, -0.1) is 0 Å². The van der Waals surface area contributed by atoms with Gasteiger partial charge in [0.15, 0.2) is 0 Å². The molecule has 5 nitrogen and oxygen atoms in total. The molecule has 7 heteroatoms. The first kappa shape index (κ1) is 22.4. The number of hydrogen-bond acceptors (Lipinski definition) is 3. The normalized spacial score (nSPS) is 9.22. The van der Waals surface area contributed by atoms with Crippen molar-refractivity contribution in [3.05, 3.63) is 0 Å². The molecule has 0 aliphatic rings. The number of unbranched alkanes of at least 4 members (excludes halogenated alkanes) is 1. The summed E-state index contributed by atoms with van der Waals surface area (Å²) in [7, 11) is 0. The van der Waals surface area contributed by atoms with E-state index in [1.807, 2.05) is 24.9 Å². The molecule has 0 aliphatic carbocycles. The van der Waals surface area contributed by atoms with Crippen molar-refractivity contribution in [2.75, 3.05) is 12.4 Å². The van der Waals surface area contributed by atoms with Gasteiger partial charge in [0, 0.05) is 13.0 Å². The molecule has 1 unspecified atom stereocenters. The van der Waals surface area contributed by atoms with E-state index in [2.05, 4.69) is 37.2 Å². The zero-order valence-electron chi connectivity index (χ0n) is 10.6. The third-order valence-corrected chi connectivity index (χ3v) is 2.12. The Labute approximate surface area is 125 Å². The van der Waals surface area contributed by atoms with Crippen LogP contribution in [0.3, 0.4) is 0 Å². The van der Waals surface area contributed by atoms with Gasteiger partial charge in [0.2, 0.25) is 0 Å². The van der Waals surface area contributed by atoms with E-state index < -0.39 is 6.09 Å². The standard InChI is InChI=1S/C5H5BrN2.C5H11NO2.CH3Br/c6-5(4-8)2-1-3-7;1-2-3-4-6-5(7)8;1-2/h5H,1-2H2;6H,2-4H2,1H3,(H,7,8);1H3. The van der Waals surface area contributed by atoms with Gasteiger partial charge >= 0.3 is 6.09 Å². The second-order valence-corrected chi connectivity index (χ2v) is 3.98. The molecular formula is C11H19Br2N3O2. The summed E-state index contributed by atoms with van der Waals surface area (Å²) in [5.74, 6) is 1.81. The predicted molar refractivity (Wildman–Crippen MR) is 79.0 cm³/mol. The van der Waals surface area contributed by atoms with E-state index in [9.17, 15) is 4.79 Å². The molecule has 1 amide bonds. The van der Waals surface area contributed by atoms with Crippen LogP contribution in [0.25, 0.3) is 0 Å². The Kier molecular flexibility index (Phi) is 26.7. The summed E-state index contributed by atoms with van der Waals surface area (Å²) in [5, 5.41) is 26.5. The Hall–Kier alpha value is -0.790. The molecule has 0 aromatic heterocycles. The van der Waals surface area contributed by atoms with Gasteiger partial charge in [-0.25, -0.2) is 4.79 Å². The van der Waals surface area contributed by atoms with Crippen molar-refractivity contribution in [1.29, 1.82) is 10.5 Å². The van der Waals surface area contributed by atoms with Crippen LogP contribution in [0.4, 0.5) is 4.79 Å². The highest BCUT2D eigenvalue weighted by Gasteiger charge is 1.97. The Morgan fingerprint density at radius 1 is 1.44 bits per heavy atom. The van der Waals surface area contributed by atoms with E-state index in [1.165, 1.54) is 0 Å². The third-order valence-electron chi connectivity index (χ3n) is 1.46. The van der Waals surface area contributed by atoms with E-state index in [0.717, 1.165) is 12.8 Å². The fourth-order valence-electron chi connectivity index (χ4n) is 0.628. The van der Waals surface area contributed by atoms with Crippen molar-refractivity contribution in [2.24, 2.45) is 0 Å². The monoisotopic (exact) mass is 383 g/mol. The lowest BCUT2D eigenvalue weighted by Gasteiger charge is -1.94. The Bertz CT molecular complexity index is 262. The van der Waals surface area contributed by atoms with Gasteiger partial charge in [-0.3, -0.25) is 0 Å². The molecule has 2 N–H and O–H groups in total. The molecule has 104 valence electrons. The lowest BCUT2D eigenvalue weighted by molar-refractivity contribution is 0.194. The van der Waals surface area contributed by atoms with Crippen molar-refractivity contribution in [3.8, 4) is 12.1 Å². The summed E-state index contributed by atoms with van der Waals surface area (Å²) < 4.78 is 0. The van der Waals surface area contributed by atoms with Crippen molar-refractivity contribution in [2.45, 2.75) is 37.4 Å². The topological polar surface area (TPSA) is 96.9 Å². The van der Waals surface area contributed by atoms with Crippen LogP contribution in [0.15, 0.2) is 0 Å². The molecule has 0 radical (unpaired) electrons. The zero-order chi connectivity index (χ0) is 14.8. The number of carboxylic acid groups (broad SMARTS) is 1. The minimum absolute atomic E-state index is 0.151. The van der Waals surface area contributed by atoms with Gasteiger partial charge in [-0.1, -0.05) is 45.2 Å². The van der Waals surface area contributed by atoms with E-state index in [0.29, 0.717) is 19.4 Å². The quantitative estimate of drug-likeness (QED) is 0.558. The van der Waals surface area contributed by atoms with E-state index in [1.54, 1.807) is 0 Å². The number of alkyl halides is 2. The van der Waals surface area contributed by atoms with E-state index in [4.69, 9.17) is 15.6 Å². The maximum Gasteiger partial charge on any atom is 0.404 e. The second kappa shape index (κ2) is 21.5. The molecular weight excluding hydrogens is 366 g/mol. The van der Waals surface area contributed by atoms with Crippen molar-refractivity contribution < 1.29 is 9.90 Å². The number of halogens is 2. The van der Waals surface area contributed by atoms with Crippen LogP contribution in [0.2, 0.25) is 0 Å². The Balaban J connectivity index is -0.000000219. The van der Waals surface area contributed by atoms with Gasteiger partial charge in [0.1, 0.15) is 4.83 Å². The third kappa shape index (κ3) is 29.5. The molecule has 0 bridgehead atoms. The maximum absolute atomic E-state index is 9.76. The van der Waals surface area contributed by atoms with Crippen molar-refractivity contribution in [1.82, 2.24) is 5.32 Å². The summed E-state index contributed by atoms with van der Waals surface area (Å²) >= 11 is 6.00. The van der Waals surface area contributed by atoms with Crippen LogP contribution in [0.5, 0.6) is 0 Å². The Morgan fingerprint density at radius 3 is 2.33 bits per heavy atom. The number of rotatable bonds is 5. The average molecular weight is 385 g/mol.